The van der Waals surface area contributed by atoms with E-state index in [1.54, 1.807) is 7.11 Å². The Morgan fingerprint density at radius 1 is 1.45 bits per heavy atom. The molecule has 0 aromatic rings. The second-order valence-electron chi connectivity index (χ2n) is 5.15. The summed E-state index contributed by atoms with van der Waals surface area (Å²) in [6.45, 7) is 3.89. The predicted octanol–water partition coefficient (Wildman–Crippen LogP) is 0.591. The van der Waals surface area contributed by atoms with Crippen molar-refractivity contribution < 1.29 is 17.9 Å². The van der Waals surface area contributed by atoms with Crippen LogP contribution in [0.2, 0.25) is 0 Å². The zero-order chi connectivity index (χ0) is 15.0. The molecule has 118 valence electrons. The highest BCUT2D eigenvalue weighted by Gasteiger charge is 2.31. The topological polar surface area (TPSA) is 75.7 Å². The van der Waals surface area contributed by atoms with Gasteiger partial charge in [-0.2, -0.15) is 0 Å². The van der Waals surface area contributed by atoms with E-state index in [-0.39, 0.29) is 17.6 Å². The number of hydrogen-bond acceptors (Lipinski definition) is 4. The molecule has 1 fully saturated rings. The third-order valence-corrected chi connectivity index (χ3v) is 5.48. The van der Waals surface area contributed by atoms with Crippen LogP contribution >= 0.6 is 0 Å². The Morgan fingerprint density at radius 2 is 2.20 bits per heavy atom. The van der Waals surface area contributed by atoms with Gasteiger partial charge in [-0.15, -0.1) is 0 Å². The van der Waals surface area contributed by atoms with Gasteiger partial charge in [-0.3, -0.25) is 4.79 Å². The van der Waals surface area contributed by atoms with Gasteiger partial charge in [0.05, 0.1) is 11.7 Å². The average Bonchev–Trinajstić information content (AvgIpc) is 2.43. The highest BCUT2D eigenvalue weighted by Crippen LogP contribution is 2.20. The Labute approximate surface area is 121 Å². The number of methoxy groups -OCH3 is 1. The van der Waals surface area contributed by atoms with Crippen molar-refractivity contribution in [2.24, 2.45) is 5.92 Å². The Hall–Kier alpha value is -0.660. The van der Waals surface area contributed by atoms with E-state index >= 15 is 0 Å². The minimum atomic E-state index is -3.20. The Bertz CT molecular complexity index is 397. The largest absolute Gasteiger partial charge is 0.385 e. The molecule has 1 aliphatic heterocycles. The van der Waals surface area contributed by atoms with Gasteiger partial charge in [0.1, 0.15) is 0 Å². The van der Waals surface area contributed by atoms with E-state index in [9.17, 15) is 13.2 Å². The Kier molecular flexibility index (Phi) is 7.47. The zero-order valence-electron chi connectivity index (χ0n) is 12.4. The molecule has 0 aromatic heterocycles. The Morgan fingerprint density at radius 3 is 2.85 bits per heavy atom. The number of carbonyl (C=O) groups excluding carboxylic acids is 1. The lowest BCUT2D eigenvalue weighted by Crippen LogP contribution is -2.46. The number of rotatable bonds is 8. The lowest BCUT2D eigenvalue weighted by molar-refractivity contribution is -0.126. The molecule has 1 heterocycles. The summed E-state index contributed by atoms with van der Waals surface area (Å²) in [7, 11) is -1.57. The normalized spacial score (nSPS) is 20.8. The van der Waals surface area contributed by atoms with Crippen LogP contribution < -0.4 is 5.32 Å². The molecule has 0 aliphatic carbocycles. The number of sulfonamides is 1. The molecule has 0 spiro atoms. The number of hydrogen-bond donors (Lipinski definition) is 1. The van der Waals surface area contributed by atoms with E-state index < -0.39 is 10.0 Å². The lowest BCUT2D eigenvalue weighted by atomic mass is 9.99. The molecular formula is C13H26N2O4S. The maximum absolute atomic E-state index is 12.0. The zero-order valence-corrected chi connectivity index (χ0v) is 13.2. The third-order valence-electron chi connectivity index (χ3n) is 3.43. The fourth-order valence-electron chi connectivity index (χ4n) is 2.37. The summed E-state index contributed by atoms with van der Waals surface area (Å²) in [6, 6.07) is 0. The summed E-state index contributed by atoms with van der Waals surface area (Å²) < 4.78 is 30.5. The third kappa shape index (κ3) is 5.38. The SMILES string of the molecule is CCCS(=O)(=O)N1CCCC(C(=O)NCCCOC)C1. The summed E-state index contributed by atoms with van der Waals surface area (Å²) in [4.78, 5) is 12.0. The molecule has 20 heavy (non-hydrogen) atoms. The van der Waals surface area contributed by atoms with Gasteiger partial charge in [0.25, 0.3) is 0 Å². The molecule has 0 saturated carbocycles. The molecule has 0 aromatic carbocycles. The second-order valence-corrected chi connectivity index (χ2v) is 7.24. The van der Waals surface area contributed by atoms with Crippen molar-refractivity contribution in [2.45, 2.75) is 32.6 Å². The first-order chi connectivity index (χ1) is 9.51. The van der Waals surface area contributed by atoms with Crippen LogP contribution in [0.5, 0.6) is 0 Å². The van der Waals surface area contributed by atoms with E-state index in [2.05, 4.69) is 5.32 Å². The number of amides is 1. The minimum absolute atomic E-state index is 0.0440. The number of nitrogens with one attached hydrogen (secondary N) is 1. The molecular weight excluding hydrogens is 280 g/mol. The molecule has 0 radical (unpaired) electrons. The van der Waals surface area contributed by atoms with Crippen molar-refractivity contribution in [2.75, 3.05) is 39.1 Å². The second kappa shape index (κ2) is 8.59. The first-order valence-corrected chi connectivity index (χ1v) is 8.86. The lowest BCUT2D eigenvalue weighted by Gasteiger charge is -2.31. The standard InChI is InChI=1S/C13H26N2O4S/c1-3-10-20(17,18)15-8-4-6-12(11-15)13(16)14-7-5-9-19-2/h12H,3-11H2,1-2H3,(H,14,16). The maximum atomic E-state index is 12.0. The van der Waals surface area contributed by atoms with E-state index in [1.165, 1.54) is 4.31 Å². The van der Waals surface area contributed by atoms with Crippen LogP contribution in [0, 0.1) is 5.92 Å². The summed E-state index contributed by atoms with van der Waals surface area (Å²) in [5.41, 5.74) is 0. The van der Waals surface area contributed by atoms with E-state index in [1.807, 2.05) is 6.92 Å². The monoisotopic (exact) mass is 306 g/mol. The molecule has 1 amide bonds. The van der Waals surface area contributed by atoms with Crippen LogP contribution in [0.4, 0.5) is 0 Å². The molecule has 1 rings (SSSR count). The summed E-state index contributed by atoms with van der Waals surface area (Å²) in [5.74, 6) is -0.106. The maximum Gasteiger partial charge on any atom is 0.224 e. The molecule has 6 nitrogen and oxygen atoms in total. The molecule has 1 N–H and O–H groups in total. The van der Waals surface area contributed by atoms with Crippen LogP contribution in [0.3, 0.4) is 0 Å². The van der Waals surface area contributed by atoms with E-state index in [0.717, 1.165) is 19.3 Å². The van der Waals surface area contributed by atoms with Gasteiger partial charge in [0.15, 0.2) is 0 Å². The fraction of sp³-hybridized carbons (Fsp3) is 0.923. The number of nitrogens with zero attached hydrogens (tertiary/aromatic N) is 1. The minimum Gasteiger partial charge on any atom is -0.385 e. The molecule has 1 atom stereocenters. The molecule has 1 saturated heterocycles. The average molecular weight is 306 g/mol. The quantitative estimate of drug-likeness (QED) is 0.666. The molecule has 1 unspecified atom stereocenters. The van der Waals surface area contributed by atoms with Gasteiger partial charge >= 0.3 is 0 Å². The summed E-state index contributed by atoms with van der Waals surface area (Å²) in [6.07, 6.45) is 2.88. The molecule has 1 aliphatic rings. The van der Waals surface area contributed by atoms with Gasteiger partial charge < -0.3 is 10.1 Å². The summed E-state index contributed by atoms with van der Waals surface area (Å²) >= 11 is 0. The number of piperidine rings is 1. The van der Waals surface area contributed by atoms with Gasteiger partial charge in [-0.05, 0) is 25.7 Å². The van der Waals surface area contributed by atoms with E-state index in [4.69, 9.17) is 4.74 Å². The van der Waals surface area contributed by atoms with Crippen molar-refractivity contribution in [1.29, 1.82) is 0 Å². The fourth-order valence-corrected chi connectivity index (χ4v) is 3.96. The van der Waals surface area contributed by atoms with Crippen LogP contribution in [-0.2, 0) is 19.6 Å². The van der Waals surface area contributed by atoms with Crippen molar-refractivity contribution >= 4 is 15.9 Å². The highest BCUT2D eigenvalue weighted by atomic mass is 32.2. The van der Waals surface area contributed by atoms with E-state index in [0.29, 0.717) is 32.7 Å². The first kappa shape index (κ1) is 17.4. The van der Waals surface area contributed by atoms with Crippen LogP contribution in [0.15, 0.2) is 0 Å². The first-order valence-electron chi connectivity index (χ1n) is 7.25. The molecule has 0 bridgehead atoms. The Balaban J connectivity index is 2.46. The number of carbonyl (C=O) groups is 1. The van der Waals surface area contributed by atoms with Crippen molar-refractivity contribution in [3.8, 4) is 0 Å². The van der Waals surface area contributed by atoms with Gasteiger partial charge in [-0.1, -0.05) is 6.92 Å². The van der Waals surface area contributed by atoms with Gasteiger partial charge in [0.2, 0.25) is 15.9 Å². The predicted molar refractivity (Wildman–Crippen MR) is 77.9 cm³/mol. The van der Waals surface area contributed by atoms with Crippen molar-refractivity contribution in [1.82, 2.24) is 9.62 Å². The van der Waals surface area contributed by atoms with Crippen LogP contribution in [-0.4, -0.2) is 57.7 Å². The van der Waals surface area contributed by atoms with Gasteiger partial charge in [-0.25, -0.2) is 12.7 Å². The highest BCUT2D eigenvalue weighted by molar-refractivity contribution is 7.89. The van der Waals surface area contributed by atoms with Crippen LogP contribution in [0.1, 0.15) is 32.6 Å². The summed E-state index contributed by atoms with van der Waals surface area (Å²) in [5, 5.41) is 2.85. The molecule has 7 heteroatoms. The van der Waals surface area contributed by atoms with Crippen molar-refractivity contribution in [3.63, 3.8) is 0 Å². The number of ether oxygens (including phenoxy) is 1. The van der Waals surface area contributed by atoms with Crippen LogP contribution in [0.25, 0.3) is 0 Å². The smallest absolute Gasteiger partial charge is 0.224 e. The van der Waals surface area contributed by atoms with Crippen molar-refractivity contribution in [3.05, 3.63) is 0 Å². The van der Waals surface area contributed by atoms with Gasteiger partial charge in [0, 0.05) is 33.4 Å².